The summed E-state index contributed by atoms with van der Waals surface area (Å²) in [6.45, 7) is 3.44. The third-order valence-corrected chi connectivity index (χ3v) is 3.74. The van der Waals surface area contributed by atoms with Crippen LogP contribution in [0.2, 0.25) is 0 Å². The molecule has 0 spiro atoms. The van der Waals surface area contributed by atoms with Gasteiger partial charge in [-0.25, -0.2) is 4.98 Å². The van der Waals surface area contributed by atoms with Crippen molar-refractivity contribution in [2.45, 2.75) is 19.8 Å². The third-order valence-electron chi connectivity index (χ3n) is 2.52. The number of hydrogen-bond acceptors (Lipinski definition) is 4. The van der Waals surface area contributed by atoms with Gasteiger partial charge in [0.1, 0.15) is 5.75 Å². The van der Waals surface area contributed by atoms with E-state index < -0.39 is 11.9 Å². The van der Waals surface area contributed by atoms with Crippen LogP contribution in [0.25, 0.3) is 0 Å². The molecule has 4 nitrogen and oxygen atoms in total. The van der Waals surface area contributed by atoms with Crippen LogP contribution >= 0.6 is 11.3 Å². The van der Waals surface area contributed by atoms with E-state index in [2.05, 4.69) is 4.98 Å². The van der Waals surface area contributed by atoms with Crippen LogP contribution in [0.5, 0.6) is 10.9 Å². The molecule has 1 aromatic heterocycles. The van der Waals surface area contributed by atoms with Gasteiger partial charge in [0.05, 0.1) is 11.6 Å². The van der Waals surface area contributed by atoms with Crippen LogP contribution in [0.15, 0.2) is 30.3 Å². The van der Waals surface area contributed by atoms with Gasteiger partial charge in [-0.15, -0.1) is 0 Å². The average Bonchev–Trinajstić information content (AvgIpc) is 2.70. The molecule has 1 atom stereocenters. The van der Waals surface area contributed by atoms with E-state index in [-0.39, 0.29) is 0 Å². The summed E-state index contributed by atoms with van der Waals surface area (Å²) in [5.74, 6) is -0.718. The third kappa shape index (κ3) is 2.68. The van der Waals surface area contributed by atoms with Crippen molar-refractivity contribution in [1.82, 2.24) is 4.98 Å². The van der Waals surface area contributed by atoms with Gasteiger partial charge in [0.25, 0.3) is 5.19 Å². The molecule has 0 saturated carbocycles. The van der Waals surface area contributed by atoms with Gasteiger partial charge in [-0.05, 0) is 26.0 Å². The number of para-hydroxylation sites is 1. The first-order chi connectivity index (χ1) is 8.58. The van der Waals surface area contributed by atoms with Gasteiger partial charge >= 0.3 is 5.97 Å². The average molecular weight is 263 g/mol. The van der Waals surface area contributed by atoms with Crippen molar-refractivity contribution in [3.05, 3.63) is 40.9 Å². The van der Waals surface area contributed by atoms with Gasteiger partial charge in [-0.2, -0.15) is 0 Å². The number of carbonyl (C=O) groups is 1. The van der Waals surface area contributed by atoms with E-state index in [0.717, 1.165) is 4.88 Å². The first kappa shape index (κ1) is 12.6. The second-order valence-electron chi connectivity index (χ2n) is 3.90. The summed E-state index contributed by atoms with van der Waals surface area (Å²) in [6.07, 6.45) is 0. The second kappa shape index (κ2) is 5.18. The molecule has 0 fully saturated rings. The molecule has 0 radical (unpaired) electrons. The minimum Gasteiger partial charge on any atom is -0.481 e. The minimum atomic E-state index is -0.854. The van der Waals surface area contributed by atoms with E-state index >= 15 is 0 Å². The van der Waals surface area contributed by atoms with Gasteiger partial charge < -0.3 is 9.84 Å². The number of aromatic nitrogens is 1. The normalized spacial score (nSPS) is 12.1. The number of aryl methyl sites for hydroxylation is 1. The molecule has 2 rings (SSSR count). The maximum Gasteiger partial charge on any atom is 0.311 e. The molecule has 1 aromatic carbocycles. The topological polar surface area (TPSA) is 59.4 Å². The number of aliphatic carboxylic acids is 1. The van der Waals surface area contributed by atoms with Crippen molar-refractivity contribution < 1.29 is 14.6 Å². The quantitative estimate of drug-likeness (QED) is 0.918. The standard InChI is InChI=1S/C13H13NO3S/c1-8(12(15)16)11-9(2)14-13(18-11)17-10-6-4-3-5-7-10/h3-8H,1-2H3,(H,15,16). The Hall–Kier alpha value is -1.88. The highest BCUT2D eigenvalue weighted by molar-refractivity contribution is 7.13. The smallest absolute Gasteiger partial charge is 0.311 e. The number of carboxylic acids is 1. The van der Waals surface area contributed by atoms with E-state index in [1.807, 2.05) is 30.3 Å². The van der Waals surface area contributed by atoms with E-state index in [0.29, 0.717) is 16.6 Å². The monoisotopic (exact) mass is 263 g/mol. The molecule has 0 bridgehead atoms. The molecule has 94 valence electrons. The van der Waals surface area contributed by atoms with E-state index in [1.54, 1.807) is 13.8 Å². The highest BCUT2D eigenvalue weighted by Gasteiger charge is 2.20. The molecule has 0 aliphatic carbocycles. The predicted molar refractivity (Wildman–Crippen MR) is 69.4 cm³/mol. The molecule has 0 aliphatic rings. The SMILES string of the molecule is Cc1nc(Oc2ccccc2)sc1C(C)C(=O)O. The van der Waals surface area contributed by atoms with Crippen molar-refractivity contribution in [1.29, 1.82) is 0 Å². The lowest BCUT2D eigenvalue weighted by Crippen LogP contribution is -2.06. The summed E-state index contributed by atoms with van der Waals surface area (Å²) in [5, 5.41) is 9.47. The molecule has 1 unspecified atom stereocenters. The van der Waals surface area contributed by atoms with Gasteiger partial charge in [0.2, 0.25) is 0 Å². The largest absolute Gasteiger partial charge is 0.481 e. The summed E-state index contributed by atoms with van der Waals surface area (Å²) in [7, 11) is 0. The number of hydrogen-bond donors (Lipinski definition) is 1. The molecular weight excluding hydrogens is 250 g/mol. The highest BCUT2D eigenvalue weighted by atomic mass is 32.1. The van der Waals surface area contributed by atoms with Crippen LogP contribution in [-0.4, -0.2) is 16.1 Å². The van der Waals surface area contributed by atoms with Crippen LogP contribution in [0.1, 0.15) is 23.4 Å². The summed E-state index contributed by atoms with van der Waals surface area (Å²) in [6, 6.07) is 9.30. The predicted octanol–water partition coefficient (Wildman–Crippen LogP) is 3.43. The summed E-state index contributed by atoms with van der Waals surface area (Å²) in [4.78, 5) is 15.9. The van der Waals surface area contributed by atoms with E-state index in [4.69, 9.17) is 9.84 Å². The Bertz CT molecular complexity index is 551. The van der Waals surface area contributed by atoms with Gasteiger partial charge in [0, 0.05) is 4.88 Å². The summed E-state index contributed by atoms with van der Waals surface area (Å²) in [5.41, 5.74) is 0.709. The lowest BCUT2D eigenvalue weighted by molar-refractivity contribution is -0.138. The van der Waals surface area contributed by atoms with Crippen molar-refractivity contribution in [3.63, 3.8) is 0 Å². The first-order valence-corrected chi connectivity index (χ1v) is 6.32. The molecule has 1 N–H and O–H groups in total. The maximum absolute atomic E-state index is 11.0. The van der Waals surface area contributed by atoms with E-state index in [1.165, 1.54) is 11.3 Å². The zero-order chi connectivity index (χ0) is 13.1. The van der Waals surface area contributed by atoms with Crippen LogP contribution < -0.4 is 4.74 Å². The minimum absolute atomic E-state index is 0.474. The number of ether oxygens (including phenoxy) is 1. The number of rotatable bonds is 4. The van der Waals surface area contributed by atoms with Crippen molar-refractivity contribution in [2.24, 2.45) is 0 Å². The van der Waals surface area contributed by atoms with Crippen molar-refractivity contribution in [2.75, 3.05) is 0 Å². The molecule has 2 aromatic rings. The highest BCUT2D eigenvalue weighted by Crippen LogP contribution is 2.33. The Balaban J connectivity index is 2.22. The Kier molecular flexibility index (Phi) is 3.62. The summed E-state index contributed by atoms with van der Waals surface area (Å²) < 4.78 is 5.58. The van der Waals surface area contributed by atoms with Crippen LogP contribution in [0.4, 0.5) is 0 Å². The van der Waals surface area contributed by atoms with Crippen molar-refractivity contribution >= 4 is 17.3 Å². The van der Waals surface area contributed by atoms with Crippen LogP contribution in [-0.2, 0) is 4.79 Å². The Morgan fingerprint density at radius 3 is 2.67 bits per heavy atom. The molecule has 5 heteroatoms. The summed E-state index contributed by atoms with van der Waals surface area (Å²) >= 11 is 1.28. The fraction of sp³-hybridized carbons (Fsp3) is 0.231. The molecule has 0 amide bonds. The zero-order valence-electron chi connectivity index (χ0n) is 10.1. The lowest BCUT2D eigenvalue weighted by Gasteiger charge is -2.02. The Morgan fingerprint density at radius 1 is 1.39 bits per heavy atom. The van der Waals surface area contributed by atoms with Crippen LogP contribution in [0.3, 0.4) is 0 Å². The fourth-order valence-electron chi connectivity index (χ4n) is 1.53. The molecule has 1 heterocycles. The molecular formula is C13H13NO3S. The number of benzene rings is 1. The first-order valence-electron chi connectivity index (χ1n) is 5.51. The van der Waals surface area contributed by atoms with Crippen LogP contribution in [0, 0.1) is 6.92 Å². The molecule has 0 aliphatic heterocycles. The van der Waals surface area contributed by atoms with Crippen molar-refractivity contribution in [3.8, 4) is 10.9 Å². The second-order valence-corrected chi connectivity index (χ2v) is 4.90. The van der Waals surface area contributed by atoms with Gasteiger partial charge in [0.15, 0.2) is 0 Å². The van der Waals surface area contributed by atoms with E-state index in [9.17, 15) is 4.79 Å². The lowest BCUT2D eigenvalue weighted by atomic mass is 10.1. The van der Waals surface area contributed by atoms with Gasteiger partial charge in [-0.3, -0.25) is 4.79 Å². The zero-order valence-corrected chi connectivity index (χ0v) is 10.9. The molecule has 0 saturated heterocycles. The number of nitrogens with zero attached hydrogens (tertiary/aromatic N) is 1. The maximum atomic E-state index is 11.0. The number of carboxylic acid groups (broad SMARTS) is 1. The number of thiazole rings is 1. The fourth-order valence-corrected chi connectivity index (χ4v) is 2.51. The van der Waals surface area contributed by atoms with Gasteiger partial charge in [-0.1, -0.05) is 29.5 Å². The molecule has 18 heavy (non-hydrogen) atoms. The Labute approximate surface area is 109 Å². The Morgan fingerprint density at radius 2 is 2.06 bits per heavy atom.